The van der Waals surface area contributed by atoms with Gasteiger partial charge in [-0.05, 0) is 36.2 Å². The number of non-ortho nitro benzene ring substituents is 1. The van der Waals surface area contributed by atoms with Crippen LogP contribution >= 0.6 is 0 Å². The molecule has 0 heterocycles. The van der Waals surface area contributed by atoms with Crippen LogP contribution in [0.1, 0.15) is 18.9 Å². The Balaban J connectivity index is 1.84. The smallest absolute Gasteiger partial charge is 0.269 e. The number of nitrogens with zero attached hydrogens (tertiary/aromatic N) is 1. The summed E-state index contributed by atoms with van der Waals surface area (Å²) in [6.07, 6.45) is 1.94. The molecule has 0 bridgehead atoms. The van der Waals surface area contributed by atoms with Crippen LogP contribution in [0.25, 0.3) is 0 Å². The summed E-state index contributed by atoms with van der Waals surface area (Å²) in [7, 11) is -3.54. The first kappa shape index (κ1) is 18.9. The molecular weight excluding hydrogens is 342 g/mol. The zero-order valence-corrected chi connectivity index (χ0v) is 14.8. The fourth-order valence-corrected chi connectivity index (χ4v) is 3.33. The Morgan fingerprint density at radius 2 is 1.64 bits per heavy atom. The molecule has 0 saturated heterocycles. The average Bonchev–Trinajstić information content (AvgIpc) is 2.60. The number of nitro groups is 1. The van der Waals surface area contributed by atoms with Crippen molar-refractivity contribution in [2.24, 2.45) is 0 Å². The van der Waals surface area contributed by atoms with Crippen molar-refractivity contribution in [1.29, 1.82) is 0 Å². The van der Waals surface area contributed by atoms with Crippen LogP contribution in [0.15, 0.2) is 53.4 Å². The fourth-order valence-electron chi connectivity index (χ4n) is 2.30. The lowest BCUT2D eigenvalue weighted by Crippen LogP contribution is -2.28. The Labute approximate surface area is 147 Å². The molecule has 0 unspecified atom stereocenters. The fraction of sp³-hybridized carbons (Fsp3) is 0.294. The van der Waals surface area contributed by atoms with E-state index >= 15 is 0 Å². The summed E-state index contributed by atoms with van der Waals surface area (Å²) in [6, 6.07) is 12.8. The van der Waals surface area contributed by atoms with Gasteiger partial charge in [-0.3, -0.25) is 10.1 Å². The van der Waals surface area contributed by atoms with Crippen molar-refractivity contribution < 1.29 is 13.3 Å². The van der Waals surface area contributed by atoms with Gasteiger partial charge in [0.25, 0.3) is 5.69 Å². The van der Waals surface area contributed by atoms with Crippen molar-refractivity contribution in [2.45, 2.75) is 24.7 Å². The van der Waals surface area contributed by atoms with E-state index in [9.17, 15) is 18.5 Å². The molecule has 25 heavy (non-hydrogen) atoms. The molecule has 0 spiro atoms. The van der Waals surface area contributed by atoms with Crippen LogP contribution in [0.5, 0.6) is 0 Å². The van der Waals surface area contributed by atoms with Gasteiger partial charge in [0.05, 0.1) is 9.82 Å². The Bertz CT molecular complexity index is 803. The second-order valence-corrected chi connectivity index (χ2v) is 7.29. The number of anilines is 1. The molecule has 0 aromatic heterocycles. The third kappa shape index (κ3) is 5.54. The van der Waals surface area contributed by atoms with Gasteiger partial charge in [0.2, 0.25) is 10.0 Å². The number of hydrogen-bond acceptors (Lipinski definition) is 5. The maximum absolute atomic E-state index is 12.2. The molecule has 8 heteroatoms. The van der Waals surface area contributed by atoms with Crippen LogP contribution in [0.4, 0.5) is 11.4 Å². The number of aryl methyl sites for hydroxylation is 1. The maximum atomic E-state index is 12.2. The van der Waals surface area contributed by atoms with Gasteiger partial charge in [-0.2, -0.15) is 0 Å². The third-order valence-corrected chi connectivity index (χ3v) is 5.07. The highest BCUT2D eigenvalue weighted by Gasteiger charge is 2.12. The predicted octanol–water partition coefficient (Wildman–Crippen LogP) is 2.94. The van der Waals surface area contributed by atoms with Gasteiger partial charge in [-0.25, -0.2) is 13.1 Å². The summed E-state index contributed by atoms with van der Waals surface area (Å²) >= 11 is 0. The van der Waals surface area contributed by atoms with Crippen molar-refractivity contribution in [3.05, 3.63) is 64.2 Å². The molecule has 0 aliphatic rings. The molecule has 0 aliphatic heterocycles. The minimum atomic E-state index is -3.54. The Morgan fingerprint density at radius 1 is 1.00 bits per heavy atom. The van der Waals surface area contributed by atoms with Crippen molar-refractivity contribution in [2.75, 3.05) is 18.4 Å². The topological polar surface area (TPSA) is 101 Å². The number of nitro benzene ring substituents is 1. The number of sulfonamides is 1. The van der Waals surface area contributed by atoms with Gasteiger partial charge >= 0.3 is 0 Å². The first-order chi connectivity index (χ1) is 11.9. The van der Waals surface area contributed by atoms with Crippen molar-refractivity contribution in [3.8, 4) is 0 Å². The average molecular weight is 363 g/mol. The van der Waals surface area contributed by atoms with Crippen LogP contribution in [-0.4, -0.2) is 26.4 Å². The molecule has 2 aromatic carbocycles. The van der Waals surface area contributed by atoms with E-state index in [1.54, 1.807) is 24.3 Å². The largest absolute Gasteiger partial charge is 0.384 e. The summed E-state index contributed by atoms with van der Waals surface area (Å²) in [4.78, 5) is 10.4. The number of hydrogen-bond donors (Lipinski definition) is 2. The molecule has 0 amide bonds. The summed E-state index contributed by atoms with van der Waals surface area (Å²) in [5, 5.41) is 13.6. The van der Waals surface area contributed by atoms with E-state index in [0.29, 0.717) is 12.2 Å². The molecule has 0 saturated carbocycles. The van der Waals surface area contributed by atoms with E-state index in [0.717, 1.165) is 18.4 Å². The standard InChI is InChI=1S/C17H21N3O4S/c1-2-3-14-4-10-17(11-5-14)25(23,24)19-13-12-18-15-6-8-16(9-7-15)20(21)22/h4-11,18-19H,2-3,12-13H2,1H3. The highest BCUT2D eigenvalue weighted by Crippen LogP contribution is 2.15. The molecule has 0 aliphatic carbocycles. The zero-order chi connectivity index (χ0) is 18.3. The van der Waals surface area contributed by atoms with Crippen LogP contribution in [0.2, 0.25) is 0 Å². The van der Waals surface area contributed by atoms with E-state index in [1.165, 1.54) is 12.1 Å². The summed E-state index contributed by atoms with van der Waals surface area (Å²) in [6.45, 7) is 2.64. The number of rotatable bonds is 9. The van der Waals surface area contributed by atoms with Gasteiger partial charge in [0.15, 0.2) is 0 Å². The Hall–Kier alpha value is -2.45. The zero-order valence-electron chi connectivity index (χ0n) is 13.9. The van der Waals surface area contributed by atoms with E-state index in [2.05, 4.69) is 17.0 Å². The molecule has 7 nitrogen and oxygen atoms in total. The minimum absolute atomic E-state index is 0.0118. The van der Waals surface area contributed by atoms with Gasteiger partial charge in [-0.1, -0.05) is 25.5 Å². The van der Waals surface area contributed by atoms with E-state index in [4.69, 9.17) is 0 Å². The van der Waals surface area contributed by atoms with Crippen LogP contribution < -0.4 is 10.0 Å². The molecular formula is C17H21N3O4S. The molecule has 2 N–H and O–H groups in total. The summed E-state index contributed by atoms with van der Waals surface area (Å²) in [5.41, 5.74) is 1.81. The van der Waals surface area contributed by atoms with Gasteiger partial charge in [0, 0.05) is 30.9 Å². The quantitative estimate of drug-likeness (QED) is 0.405. The normalized spacial score (nSPS) is 11.2. The molecule has 2 aromatic rings. The lowest BCUT2D eigenvalue weighted by Gasteiger charge is -2.09. The third-order valence-electron chi connectivity index (χ3n) is 3.60. The van der Waals surface area contributed by atoms with Gasteiger partial charge < -0.3 is 5.32 Å². The van der Waals surface area contributed by atoms with E-state index in [-0.39, 0.29) is 17.1 Å². The van der Waals surface area contributed by atoms with E-state index < -0.39 is 14.9 Å². The van der Waals surface area contributed by atoms with Crippen LogP contribution in [0.3, 0.4) is 0 Å². The first-order valence-electron chi connectivity index (χ1n) is 7.99. The van der Waals surface area contributed by atoms with Crippen LogP contribution in [0, 0.1) is 10.1 Å². The Kier molecular flexibility index (Phi) is 6.49. The second kappa shape index (κ2) is 8.59. The Morgan fingerprint density at radius 3 is 2.20 bits per heavy atom. The molecule has 134 valence electrons. The molecule has 0 atom stereocenters. The van der Waals surface area contributed by atoms with E-state index in [1.807, 2.05) is 12.1 Å². The highest BCUT2D eigenvalue weighted by atomic mass is 32.2. The summed E-state index contributed by atoms with van der Waals surface area (Å²) in [5.74, 6) is 0. The highest BCUT2D eigenvalue weighted by molar-refractivity contribution is 7.89. The SMILES string of the molecule is CCCc1ccc(S(=O)(=O)NCCNc2ccc([N+](=O)[O-])cc2)cc1. The minimum Gasteiger partial charge on any atom is -0.384 e. The monoisotopic (exact) mass is 363 g/mol. The summed E-state index contributed by atoms with van der Waals surface area (Å²) < 4.78 is 27.0. The van der Waals surface area contributed by atoms with Crippen molar-refractivity contribution >= 4 is 21.4 Å². The maximum Gasteiger partial charge on any atom is 0.269 e. The number of nitrogens with one attached hydrogen (secondary N) is 2. The van der Waals surface area contributed by atoms with Crippen molar-refractivity contribution in [1.82, 2.24) is 4.72 Å². The molecule has 2 rings (SSSR count). The first-order valence-corrected chi connectivity index (χ1v) is 9.47. The number of benzene rings is 2. The lowest BCUT2D eigenvalue weighted by atomic mass is 10.1. The van der Waals surface area contributed by atoms with Crippen LogP contribution in [-0.2, 0) is 16.4 Å². The molecule has 0 fully saturated rings. The predicted molar refractivity (Wildman–Crippen MR) is 97.2 cm³/mol. The van der Waals surface area contributed by atoms with Gasteiger partial charge in [0.1, 0.15) is 0 Å². The van der Waals surface area contributed by atoms with Gasteiger partial charge in [-0.15, -0.1) is 0 Å². The second-order valence-electron chi connectivity index (χ2n) is 5.52. The molecule has 0 radical (unpaired) electrons. The lowest BCUT2D eigenvalue weighted by molar-refractivity contribution is -0.384. The van der Waals surface area contributed by atoms with Crippen molar-refractivity contribution in [3.63, 3.8) is 0 Å².